The van der Waals surface area contributed by atoms with Gasteiger partial charge in [0.2, 0.25) is 0 Å². The Kier molecular flexibility index (Phi) is 2.84. The van der Waals surface area contributed by atoms with Crippen LogP contribution in [0.4, 0.5) is 8.78 Å². The van der Waals surface area contributed by atoms with Crippen molar-refractivity contribution in [2.75, 3.05) is 0 Å². The Morgan fingerprint density at radius 1 is 1.38 bits per heavy atom. The van der Waals surface area contributed by atoms with Crippen molar-refractivity contribution in [2.24, 2.45) is 5.92 Å². The fourth-order valence-corrected chi connectivity index (χ4v) is 2.06. The minimum Gasteiger partial charge on any atom is -0.481 e. The first-order valence-corrected chi connectivity index (χ1v) is 5.25. The van der Waals surface area contributed by atoms with Crippen molar-refractivity contribution in [2.45, 2.75) is 18.8 Å². The number of carboxylic acids is 1. The van der Waals surface area contributed by atoms with Crippen LogP contribution in [-0.2, 0) is 4.79 Å². The van der Waals surface area contributed by atoms with Crippen LogP contribution >= 0.6 is 11.6 Å². The largest absolute Gasteiger partial charge is 0.481 e. The van der Waals surface area contributed by atoms with Crippen LogP contribution in [0.25, 0.3) is 0 Å². The van der Waals surface area contributed by atoms with Crippen molar-refractivity contribution in [1.82, 2.24) is 0 Å². The summed E-state index contributed by atoms with van der Waals surface area (Å²) in [5.41, 5.74) is 0.163. The molecule has 5 heteroatoms. The molecule has 1 aliphatic rings. The molecule has 1 saturated carbocycles. The molecule has 2 rings (SSSR count). The van der Waals surface area contributed by atoms with Crippen LogP contribution in [0.5, 0.6) is 0 Å². The molecule has 1 fully saturated rings. The van der Waals surface area contributed by atoms with E-state index in [1.807, 2.05) is 0 Å². The zero-order chi connectivity index (χ0) is 11.9. The molecule has 0 radical (unpaired) electrons. The third-order valence-corrected chi connectivity index (χ3v) is 3.06. The topological polar surface area (TPSA) is 37.3 Å². The maximum atomic E-state index is 13.0. The van der Waals surface area contributed by atoms with Crippen LogP contribution in [0.3, 0.4) is 0 Å². The number of aliphatic carboxylic acids is 1. The summed E-state index contributed by atoms with van der Waals surface area (Å²) in [6, 6.07) is 1.71. The Morgan fingerprint density at radius 3 is 2.44 bits per heavy atom. The monoisotopic (exact) mass is 246 g/mol. The van der Waals surface area contributed by atoms with E-state index in [4.69, 9.17) is 16.7 Å². The first-order valence-electron chi connectivity index (χ1n) is 4.88. The second kappa shape index (κ2) is 4.01. The molecule has 86 valence electrons. The van der Waals surface area contributed by atoms with Gasteiger partial charge in [0.1, 0.15) is 0 Å². The van der Waals surface area contributed by atoms with E-state index in [1.54, 1.807) is 0 Å². The molecule has 0 saturated heterocycles. The van der Waals surface area contributed by atoms with E-state index in [1.165, 1.54) is 0 Å². The molecule has 16 heavy (non-hydrogen) atoms. The van der Waals surface area contributed by atoms with Gasteiger partial charge in [0.05, 0.1) is 5.92 Å². The molecule has 1 aromatic carbocycles. The predicted octanol–water partition coefficient (Wildman–Crippen LogP) is 3.20. The first kappa shape index (κ1) is 11.3. The lowest BCUT2D eigenvalue weighted by Gasteiger charge is -2.13. The summed E-state index contributed by atoms with van der Waals surface area (Å²) >= 11 is 5.74. The second-order valence-corrected chi connectivity index (χ2v) is 4.35. The van der Waals surface area contributed by atoms with Gasteiger partial charge in [-0.1, -0.05) is 11.6 Å². The molecule has 1 atom stereocenters. The average Bonchev–Trinajstić information content (AvgIpc) is 2.97. The molecule has 1 N–H and O–H groups in total. The molecule has 1 unspecified atom stereocenters. The number of hydrogen-bond acceptors (Lipinski definition) is 1. The Morgan fingerprint density at radius 2 is 1.94 bits per heavy atom. The average molecular weight is 247 g/mol. The van der Waals surface area contributed by atoms with E-state index < -0.39 is 23.5 Å². The SMILES string of the molecule is O=C(O)C(c1cc(F)c(F)cc1Cl)C1CC1. The molecule has 2 nitrogen and oxygen atoms in total. The van der Waals surface area contributed by atoms with Crippen molar-refractivity contribution in [1.29, 1.82) is 0 Å². The molecule has 0 aliphatic heterocycles. The maximum Gasteiger partial charge on any atom is 0.311 e. The lowest BCUT2D eigenvalue weighted by molar-refractivity contribution is -0.139. The lowest BCUT2D eigenvalue weighted by Crippen LogP contribution is -2.14. The standard InChI is InChI=1S/C11H9ClF2O2/c12-7-4-9(14)8(13)3-6(7)10(11(15)16)5-1-2-5/h3-5,10H,1-2H2,(H,15,16). The summed E-state index contributed by atoms with van der Waals surface area (Å²) in [7, 11) is 0. The van der Waals surface area contributed by atoms with Crippen molar-refractivity contribution in [3.63, 3.8) is 0 Å². The quantitative estimate of drug-likeness (QED) is 0.832. The van der Waals surface area contributed by atoms with Gasteiger partial charge in [-0.05, 0) is 36.5 Å². The fourth-order valence-electron chi connectivity index (χ4n) is 1.79. The van der Waals surface area contributed by atoms with Gasteiger partial charge in [0, 0.05) is 5.02 Å². The van der Waals surface area contributed by atoms with Gasteiger partial charge in [-0.25, -0.2) is 8.78 Å². The van der Waals surface area contributed by atoms with E-state index >= 15 is 0 Å². The van der Waals surface area contributed by atoms with Crippen LogP contribution in [0.1, 0.15) is 24.3 Å². The second-order valence-electron chi connectivity index (χ2n) is 3.94. The van der Waals surface area contributed by atoms with Gasteiger partial charge in [-0.15, -0.1) is 0 Å². The highest BCUT2D eigenvalue weighted by molar-refractivity contribution is 6.31. The highest BCUT2D eigenvalue weighted by Gasteiger charge is 2.38. The number of halogens is 3. The van der Waals surface area contributed by atoms with Crippen LogP contribution in [0.15, 0.2) is 12.1 Å². The van der Waals surface area contributed by atoms with Crippen molar-refractivity contribution in [3.8, 4) is 0 Å². The number of carbonyl (C=O) groups is 1. The van der Waals surface area contributed by atoms with E-state index in [0.29, 0.717) is 0 Å². The molecule has 0 amide bonds. The number of hydrogen-bond donors (Lipinski definition) is 1. The Bertz CT molecular complexity index is 444. The lowest BCUT2D eigenvalue weighted by atomic mass is 9.94. The molecule has 1 aromatic rings. The van der Waals surface area contributed by atoms with Gasteiger partial charge in [0.25, 0.3) is 0 Å². The highest BCUT2D eigenvalue weighted by atomic mass is 35.5. The first-order chi connectivity index (χ1) is 7.50. The van der Waals surface area contributed by atoms with E-state index in [9.17, 15) is 13.6 Å². The minimum absolute atomic E-state index is 0.0140. The predicted molar refractivity (Wildman–Crippen MR) is 54.5 cm³/mol. The Balaban J connectivity index is 2.44. The van der Waals surface area contributed by atoms with E-state index in [0.717, 1.165) is 25.0 Å². The molecule has 0 spiro atoms. The smallest absolute Gasteiger partial charge is 0.311 e. The molecular formula is C11H9ClF2O2. The van der Waals surface area contributed by atoms with Gasteiger partial charge in [-0.2, -0.15) is 0 Å². The zero-order valence-electron chi connectivity index (χ0n) is 8.21. The summed E-state index contributed by atoms with van der Waals surface area (Å²) in [6.07, 6.45) is 1.57. The minimum atomic E-state index is -1.06. The van der Waals surface area contributed by atoms with Crippen LogP contribution in [0, 0.1) is 17.6 Å². The molecular weight excluding hydrogens is 238 g/mol. The zero-order valence-corrected chi connectivity index (χ0v) is 8.97. The highest BCUT2D eigenvalue weighted by Crippen LogP contribution is 2.44. The summed E-state index contributed by atoms with van der Waals surface area (Å²) < 4.78 is 25.9. The summed E-state index contributed by atoms with van der Waals surface area (Å²) in [5.74, 6) is -4.02. The van der Waals surface area contributed by atoms with Gasteiger partial charge in [0.15, 0.2) is 11.6 Å². The third-order valence-electron chi connectivity index (χ3n) is 2.73. The van der Waals surface area contributed by atoms with Crippen LogP contribution < -0.4 is 0 Å². The molecule has 0 bridgehead atoms. The summed E-state index contributed by atoms with van der Waals surface area (Å²) in [6.45, 7) is 0. The van der Waals surface area contributed by atoms with Gasteiger partial charge >= 0.3 is 5.97 Å². The molecule has 0 aromatic heterocycles. The third kappa shape index (κ3) is 2.02. The van der Waals surface area contributed by atoms with E-state index in [2.05, 4.69) is 0 Å². The Labute approximate surface area is 95.8 Å². The van der Waals surface area contributed by atoms with Crippen molar-refractivity contribution >= 4 is 17.6 Å². The summed E-state index contributed by atoms with van der Waals surface area (Å²) in [4.78, 5) is 11.1. The fraction of sp³-hybridized carbons (Fsp3) is 0.364. The van der Waals surface area contributed by atoms with Crippen molar-refractivity contribution in [3.05, 3.63) is 34.4 Å². The summed E-state index contributed by atoms with van der Waals surface area (Å²) in [5, 5.41) is 9.02. The maximum absolute atomic E-state index is 13.0. The normalized spacial score (nSPS) is 17.2. The number of benzene rings is 1. The van der Waals surface area contributed by atoms with Gasteiger partial charge < -0.3 is 5.11 Å². The van der Waals surface area contributed by atoms with Crippen LogP contribution in [0.2, 0.25) is 5.02 Å². The van der Waals surface area contributed by atoms with Gasteiger partial charge in [-0.3, -0.25) is 4.79 Å². The van der Waals surface area contributed by atoms with Crippen LogP contribution in [-0.4, -0.2) is 11.1 Å². The number of carboxylic acid groups (broad SMARTS) is 1. The molecule has 0 heterocycles. The number of rotatable bonds is 3. The Hall–Kier alpha value is -1.16. The van der Waals surface area contributed by atoms with E-state index in [-0.39, 0.29) is 16.5 Å². The van der Waals surface area contributed by atoms with Crippen molar-refractivity contribution < 1.29 is 18.7 Å². The molecule has 1 aliphatic carbocycles.